The van der Waals surface area contributed by atoms with E-state index in [1.165, 1.54) is 21.8 Å². The molecule has 0 spiro atoms. The Kier molecular flexibility index (Phi) is 7.56. The Labute approximate surface area is 256 Å². The highest BCUT2D eigenvalue weighted by Crippen LogP contribution is 2.56. The molecule has 0 amide bonds. The Bertz CT molecular complexity index is 1990. The van der Waals surface area contributed by atoms with Gasteiger partial charge in [-0.2, -0.15) is 18.1 Å². The number of anilines is 2. The van der Waals surface area contributed by atoms with Gasteiger partial charge in [0.25, 0.3) is 5.56 Å². The molecule has 2 bridgehead atoms. The molecule has 0 aliphatic carbocycles. The number of hydrogen-bond acceptors (Lipinski definition) is 16. The number of H-pyrrole nitrogens is 1. The molecule has 20 nitrogen and oxygen atoms in total. The first-order valence-electron chi connectivity index (χ1n) is 13.3. The monoisotopic (exact) mass is 689 g/mol. The Balaban J connectivity index is 1.19. The third-order valence-corrected chi connectivity index (χ3v) is 10.1. The average Bonchev–Trinajstić information content (AvgIpc) is 3.73. The molecule has 242 valence electrons. The maximum absolute atomic E-state index is 16.0. The van der Waals surface area contributed by atoms with Crippen molar-refractivity contribution in [2.75, 3.05) is 24.6 Å². The minimum Gasteiger partial charge on any atom is -0.382 e. The summed E-state index contributed by atoms with van der Waals surface area (Å²) in [5.74, 6) is -0.145. The molecule has 3 fully saturated rings. The zero-order chi connectivity index (χ0) is 31.7. The zero-order valence-electron chi connectivity index (χ0n) is 22.7. The van der Waals surface area contributed by atoms with Crippen molar-refractivity contribution in [3.63, 3.8) is 0 Å². The molecule has 7 heterocycles. The highest BCUT2D eigenvalue weighted by molar-refractivity contribution is 8.44. The Morgan fingerprint density at radius 3 is 2.60 bits per heavy atom. The fourth-order valence-corrected chi connectivity index (χ4v) is 7.96. The molecule has 0 saturated carbocycles. The number of imidazole rings is 2. The van der Waals surface area contributed by atoms with Gasteiger partial charge in [-0.15, -0.1) is 0 Å². The SMILES string of the molecule is Nc1nc2c(ncn2[C@@H]2O[C@@H]3CCOP(=O)(S)O[C@H]4[C@@H](F)[C@H](n5cnc6c(N)ncnc65)O[C@@H]4CNS(=O)(=O)O[C@@H]2C3)c(=O)[nH]1. The van der Waals surface area contributed by atoms with Crippen molar-refractivity contribution in [2.45, 2.75) is 55.9 Å². The minimum absolute atomic E-state index is 0.0287. The van der Waals surface area contributed by atoms with Crippen molar-refractivity contribution in [3.8, 4) is 0 Å². The topological polar surface area (TPSA) is 269 Å². The van der Waals surface area contributed by atoms with Gasteiger partial charge in [-0.1, -0.05) is 12.2 Å². The van der Waals surface area contributed by atoms with Crippen LogP contribution in [0.2, 0.25) is 0 Å². The fraction of sp³-hybridized carbons (Fsp3) is 0.524. The van der Waals surface area contributed by atoms with E-state index < -0.39 is 72.2 Å². The van der Waals surface area contributed by atoms with Crippen LogP contribution in [0.5, 0.6) is 0 Å². The Morgan fingerprint density at radius 1 is 1.04 bits per heavy atom. The standard InChI is InChI=1S/C21H25FN11O9PS2/c22-11-14-10(40-20(11)32-6-27-12-15(23)25-5-26-16(12)32)4-29-45(36,37)42-9-3-8(1-2-38-43(35,44)41-14)39-19(9)33-7-28-13-17(33)30-21(24)31-18(13)34/h5-11,14,19-20,29H,1-4H2,(H,35,44)(H2,23,25,26)(H3,24,30,31,34)/t8-,9-,10-,11-,14-,19-,20-,43?/m1/s1. The summed E-state index contributed by atoms with van der Waals surface area (Å²) in [5.41, 5.74) is 11.2. The summed E-state index contributed by atoms with van der Waals surface area (Å²) in [5, 5.41) is 0. The predicted molar refractivity (Wildman–Crippen MR) is 153 cm³/mol. The molecule has 24 heteroatoms. The van der Waals surface area contributed by atoms with Gasteiger partial charge in [0.1, 0.15) is 30.2 Å². The van der Waals surface area contributed by atoms with Crippen LogP contribution in [-0.4, -0.2) is 91.2 Å². The lowest BCUT2D eigenvalue weighted by Gasteiger charge is -2.24. The molecule has 7 rings (SSSR count). The van der Waals surface area contributed by atoms with Crippen molar-refractivity contribution in [2.24, 2.45) is 0 Å². The number of fused-ring (bicyclic) bond motifs is 5. The summed E-state index contributed by atoms with van der Waals surface area (Å²) in [4.78, 5) is 34.8. The van der Waals surface area contributed by atoms with E-state index >= 15 is 4.39 Å². The van der Waals surface area contributed by atoms with Crippen LogP contribution in [0.25, 0.3) is 22.3 Å². The lowest BCUT2D eigenvalue weighted by molar-refractivity contribution is -0.0328. The molecule has 4 aromatic heterocycles. The number of aromatic nitrogens is 8. The molecule has 3 aliphatic heterocycles. The number of nitrogens with two attached hydrogens (primary N) is 2. The lowest BCUT2D eigenvalue weighted by Crippen LogP contribution is -2.42. The van der Waals surface area contributed by atoms with E-state index in [9.17, 15) is 17.8 Å². The first-order valence-corrected chi connectivity index (χ1v) is 17.4. The highest BCUT2D eigenvalue weighted by Gasteiger charge is 2.51. The van der Waals surface area contributed by atoms with Gasteiger partial charge in [-0.3, -0.25) is 23.4 Å². The number of ether oxygens (including phenoxy) is 2. The summed E-state index contributed by atoms with van der Waals surface area (Å²) in [6, 6.07) is 0. The van der Waals surface area contributed by atoms with E-state index in [1.54, 1.807) is 0 Å². The predicted octanol–water partition coefficient (Wildman–Crippen LogP) is -0.290. The molecule has 0 aromatic carbocycles. The number of hydrogen-bond donors (Lipinski definition) is 5. The Morgan fingerprint density at radius 2 is 1.80 bits per heavy atom. The number of nitrogen functional groups attached to an aromatic ring is 2. The summed E-state index contributed by atoms with van der Waals surface area (Å²) in [7, 11) is -4.57. The van der Waals surface area contributed by atoms with E-state index in [0.29, 0.717) is 0 Å². The number of rotatable bonds is 2. The first-order chi connectivity index (χ1) is 21.4. The molecule has 1 unspecified atom stereocenters. The molecule has 4 aromatic rings. The normalized spacial score (nSPS) is 34.1. The third-order valence-electron chi connectivity index (χ3n) is 7.46. The number of alkyl halides is 1. The van der Waals surface area contributed by atoms with E-state index in [4.69, 9.17) is 34.2 Å². The molecule has 6 N–H and O–H groups in total. The van der Waals surface area contributed by atoms with Crippen LogP contribution in [0.3, 0.4) is 0 Å². The summed E-state index contributed by atoms with van der Waals surface area (Å²) < 4.78 is 88.8. The number of aromatic amines is 1. The van der Waals surface area contributed by atoms with Crippen LogP contribution in [-0.2, 0) is 37.6 Å². The largest absolute Gasteiger partial charge is 0.386 e. The van der Waals surface area contributed by atoms with Crippen LogP contribution in [0.15, 0.2) is 23.8 Å². The third kappa shape index (κ3) is 5.67. The van der Waals surface area contributed by atoms with Gasteiger partial charge in [0.2, 0.25) is 5.95 Å². The van der Waals surface area contributed by atoms with Crippen molar-refractivity contribution in [1.29, 1.82) is 0 Å². The van der Waals surface area contributed by atoms with Crippen molar-refractivity contribution in [3.05, 3.63) is 29.3 Å². The summed E-state index contributed by atoms with van der Waals surface area (Å²) in [6.45, 7) is -5.04. The number of nitrogens with zero attached hydrogens (tertiary/aromatic N) is 7. The molecule has 3 saturated heterocycles. The lowest BCUT2D eigenvalue weighted by atomic mass is 10.1. The molecule has 45 heavy (non-hydrogen) atoms. The van der Waals surface area contributed by atoms with Gasteiger partial charge in [0.15, 0.2) is 41.3 Å². The molecular formula is C21H25FN11O9PS2. The second-order valence-corrected chi connectivity index (χ2v) is 14.6. The fourth-order valence-electron chi connectivity index (χ4n) is 5.49. The van der Waals surface area contributed by atoms with Gasteiger partial charge >= 0.3 is 17.1 Å². The van der Waals surface area contributed by atoms with E-state index in [1.807, 2.05) is 0 Å². The second-order valence-electron chi connectivity index (χ2n) is 10.3. The number of thiol groups is 1. The number of nitrogens with one attached hydrogen (secondary N) is 2. The van der Waals surface area contributed by atoms with E-state index in [0.717, 1.165) is 6.33 Å². The summed E-state index contributed by atoms with van der Waals surface area (Å²) >= 11 is 4.02. The average molecular weight is 690 g/mol. The van der Waals surface area contributed by atoms with E-state index in [2.05, 4.69) is 46.9 Å². The van der Waals surface area contributed by atoms with Crippen LogP contribution < -0.4 is 21.7 Å². The smallest absolute Gasteiger partial charge is 0.382 e. The molecular weight excluding hydrogens is 664 g/mol. The quantitative estimate of drug-likeness (QED) is 0.134. The van der Waals surface area contributed by atoms with Gasteiger partial charge < -0.3 is 25.5 Å². The molecule has 3 aliphatic rings. The van der Waals surface area contributed by atoms with Crippen molar-refractivity contribution in [1.82, 2.24) is 43.8 Å². The van der Waals surface area contributed by atoms with Crippen LogP contribution in [0, 0.1) is 0 Å². The second kappa shape index (κ2) is 11.2. The Hall–Kier alpha value is -3.28. The number of halogens is 1. The van der Waals surface area contributed by atoms with Gasteiger partial charge in [0, 0.05) is 13.0 Å². The van der Waals surface area contributed by atoms with Crippen LogP contribution >= 0.6 is 19.0 Å². The summed E-state index contributed by atoms with van der Waals surface area (Å²) in [6.07, 6.45) is -5.67. The molecule has 8 atom stereocenters. The van der Waals surface area contributed by atoms with Crippen LogP contribution in [0.4, 0.5) is 16.2 Å². The first kappa shape index (κ1) is 30.4. The molecule has 0 radical (unpaired) electrons. The van der Waals surface area contributed by atoms with E-state index in [-0.39, 0.29) is 53.5 Å². The van der Waals surface area contributed by atoms with Gasteiger partial charge in [0.05, 0.1) is 25.4 Å². The zero-order valence-corrected chi connectivity index (χ0v) is 25.3. The van der Waals surface area contributed by atoms with Crippen LogP contribution in [0.1, 0.15) is 25.3 Å². The van der Waals surface area contributed by atoms with Gasteiger partial charge in [-0.25, -0.2) is 33.1 Å². The van der Waals surface area contributed by atoms with Gasteiger partial charge in [-0.05, 0) is 6.42 Å². The maximum Gasteiger partial charge on any atom is 0.386 e. The van der Waals surface area contributed by atoms with Crippen molar-refractivity contribution < 1.29 is 40.1 Å². The minimum atomic E-state index is -4.57. The highest BCUT2D eigenvalue weighted by atomic mass is 32.7. The van der Waals surface area contributed by atoms with Crippen molar-refractivity contribution >= 4 is 63.4 Å². The maximum atomic E-state index is 16.0.